The lowest BCUT2D eigenvalue weighted by Gasteiger charge is -2.25. The number of nitrogens with zero attached hydrogens (tertiary/aromatic N) is 5. The van der Waals surface area contributed by atoms with E-state index < -0.39 is 71.7 Å². The van der Waals surface area contributed by atoms with Crippen molar-refractivity contribution in [2.75, 3.05) is 43.6 Å². The summed E-state index contributed by atoms with van der Waals surface area (Å²) in [6.07, 6.45) is 3.03. The van der Waals surface area contributed by atoms with Crippen LogP contribution in [0.1, 0.15) is 79.9 Å². The summed E-state index contributed by atoms with van der Waals surface area (Å²) in [5.74, 6) is -5.41. The number of carbonyl (C=O) groups is 7. The Labute approximate surface area is 393 Å². The number of nitrogen functional groups attached to an aromatic ring is 2. The van der Waals surface area contributed by atoms with Gasteiger partial charge in [-0.05, 0) is 95.3 Å². The molecule has 0 bridgehead atoms. The van der Waals surface area contributed by atoms with Gasteiger partial charge in [0.05, 0.1) is 24.5 Å². The number of nitrogens with one attached hydrogen (secondary N) is 6. The van der Waals surface area contributed by atoms with Crippen LogP contribution in [0, 0.1) is 0 Å². The summed E-state index contributed by atoms with van der Waals surface area (Å²) in [4.78, 5) is 108. The monoisotopic (exact) mass is 942 g/mol. The van der Waals surface area contributed by atoms with Gasteiger partial charge in [0.15, 0.2) is 17.0 Å². The first-order chi connectivity index (χ1) is 32.5. The van der Waals surface area contributed by atoms with E-state index in [0.29, 0.717) is 43.6 Å². The molecule has 5 unspecified atom stereocenters. The molecule has 0 saturated heterocycles. The summed E-state index contributed by atoms with van der Waals surface area (Å²) >= 11 is 0. The van der Waals surface area contributed by atoms with Crippen LogP contribution in [0.3, 0.4) is 0 Å². The molecule has 14 N–H and O–H groups in total. The standard InChI is InChI=1S/C45H62N14O9/c1-26(49-2)39(61)56-34(23-27-11-5-4-6-12-27)42(64)53-31(13-7-9-21-46)41(63)55-32(43(65)66)14-8-10-22-50-35(60)20-19-33(44(67)68)54-40(62)28-15-17-30(18-16-28)59(3)25-29-24-51-38-36(52-29)37(47)57-45(48)58-38/h4-6,11-12,15-18,24,26,31-34,49H,7-10,13-14,19-23,25,46H2,1-3H3,(H,50,60)(H,53,64)(H,54,62)(H,55,63)(H,56,61)(H,65,66)(H,67,68)(H4,47,48,51,57,58). The fraction of sp³-hybridized carbons (Fsp3) is 0.444. The third-order valence-corrected chi connectivity index (χ3v) is 10.9. The van der Waals surface area contributed by atoms with Crippen molar-refractivity contribution >= 4 is 70.1 Å². The van der Waals surface area contributed by atoms with Crippen LogP contribution in [-0.4, -0.2) is 129 Å². The zero-order valence-corrected chi connectivity index (χ0v) is 38.4. The van der Waals surface area contributed by atoms with Crippen LogP contribution in [0.15, 0.2) is 60.8 Å². The number of benzene rings is 2. The van der Waals surface area contributed by atoms with E-state index >= 15 is 0 Å². The molecule has 4 aromatic rings. The number of fused-ring (bicyclic) bond motifs is 1. The number of nitrogens with two attached hydrogens (primary N) is 3. The van der Waals surface area contributed by atoms with Gasteiger partial charge in [-0.15, -0.1) is 0 Å². The molecule has 2 heterocycles. The van der Waals surface area contributed by atoms with Crippen molar-refractivity contribution in [2.45, 2.75) is 101 Å². The van der Waals surface area contributed by atoms with Crippen LogP contribution >= 0.6 is 0 Å². The van der Waals surface area contributed by atoms with E-state index in [1.54, 1.807) is 57.4 Å². The van der Waals surface area contributed by atoms with Gasteiger partial charge in [-0.1, -0.05) is 30.3 Å². The Hall–Kier alpha value is -7.53. The fourth-order valence-electron chi connectivity index (χ4n) is 6.88. The number of likely N-dealkylation sites (N-methyl/N-ethyl adjacent to an activating group) is 1. The lowest BCUT2D eigenvalue weighted by Crippen LogP contribution is -2.57. The summed E-state index contributed by atoms with van der Waals surface area (Å²) in [6, 6.07) is 10.0. The number of carboxylic acids is 2. The highest BCUT2D eigenvalue weighted by atomic mass is 16.4. The molecule has 4 rings (SSSR count). The molecular formula is C45H62N14O9. The number of aromatic nitrogens is 4. The highest BCUT2D eigenvalue weighted by Gasteiger charge is 2.30. The number of carbonyl (C=O) groups excluding carboxylic acids is 5. The van der Waals surface area contributed by atoms with E-state index in [2.05, 4.69) is 51.8 Å². The maximum absolute atomic E-state index is 13.6. The number of aliphatic carboxylic acids is 2. The predicted octanol–water partition coefficient (Wildman–Crippen LogP) is -0.0111. The Balaban J connectivity index is 1.23. The maximum Gasteiger partial charge on any atom is 0.326 e. The molecule has 0 spiro atoms. The van der Waals surface area contributed by atoms with Gasteiger partial charge < -0.3 is 64.2 Å². The van der Waals surface area contributed by atoms with Crippen molar-refractivity contribution in [3.63, 3.8) is 0 Å². The molecular weight excluding hydrogens is 881 g/mol. The molecule has 2 aromatic carbocycles. The minimum atomic E-state index is -1.37. The minimum Gasteiger partial charge on any atom is -0.480 e. The van der Waals surface area contributed by atoms with Crippen molar-refractivity contribution in [1.82, 2.24) is 51.8 Å². The van der Waals surface area contributed by atoms with Crippen LogP contribution in [0.5, 0.6) is 0 Å². The molecule has 68 heavy (non-hydrogen) atoms. The van der Waals surface area contributed by atoms with E-state index in [0.717, 1.165) is 11.3 Å². The Bertz CT molecular complexity index is 2360. The first-order valence-electron chi connectivity index (χ1n) is 22.2. The van der Waals surface area contributed by atoms with Gasteiger partial charge in [-0.3, -0.25) is 24.0 Å². The highest BCUT2D eigenvalue weighted by molar-refractivity contribution is 5.97. The Morgan fingerprint density at radius 3 is 2.00 bits per heavy atom. The molecule has 366 valence electrons. The summed E-state index contributed by atoms with van der Waals surface area (Å²) in [7, 11) is 3.41. The molecule has 0 fully saturated rings. The number of amides is 5. The number of hydrogen-bond donors (Lipinski definition) is 11. The number of hydrogen-bond acceptors (Lipinski definition) is 16. The molecule has 0 aliphatic carbocycles. The average molecular weight is 943 g/mol. The third-order valence-electron chi connectivity index (χ3n) is 10.9. The van der Waals surface area contributed by atoms with Crippen LogP contribution in [-0.2, 0) is 41.7 Å². The molecule has 5 amide bonds. The van der Waals surface area contributed by atoms with Crippen molar-refractivity contribution in [3.05, 3.63) is 77.6 Å². The highest BCUT2D eigenvalue weighted by Crippen LogP contribution is 2.19. The molecule has 0 aliphatic rings. The molecule has 0 aliphatic heterocycles. The quantitative estimate of drug-likeness (QED) is 0.0334. The Morgan fingerprint density at radius 2 is 1.34 bits per heavy atom. The maximum atomic E-state index is 13.6. The molecule has 23 nitrogen and oxygen atoms in total. The van der Waals surface area contributed by atoms with E-state index in [9.17, 15) is 43.8 Å². The topological polar surface area (TPSA) is 365 Å². The first kappa shape index (κ1) is 53.1. The lowest BCUT2D eigenvalue weighted by atomic mass is 10.0. The number of unbranched alkanes of at least 4 members (excludes halogenated alkanes) is 2. The van der Waals surface area contributed by atoms with Crippen LogP contribution in [0.25, 0.3) is 11.2 Å². The van der Waals surface area contributed by atoms with E-state index in [-0.39, 0.29) is 68.0 Å². The normalized spacial score (nSPS) is 13.2. The van der Waals surface area contributed by atoms with E-state index in [1.165, 1.54) is 18.3 Å². The molecule has 0 saturated carbocycles. The summed E-state index contributed by atoms with van der Waals surface area (Å²) in [5, 5.41) is 35.7. The summed E-state index contributed by atoms with van der Waals surface area (Å²) in [6.45, 7) is 2.43. The fourth-order valence-corrected chi connectivity index (χ4v) is 6.88. The van der Waals surface area contributed by atoms with Crippen molar-refractivity contribution in [3.8, 4) is 0 Å². The predicted molar refractivity (Wildman–Crippen MR) is 252 cm³/mol. The lowest BCUT2D eigenvalue weighted by molar-refractivity contribution is -0.142. The van der Waals surface area contributed by atoms with Gasteiger partial charge in [0.1, 0.15) is 24.2 Å². The Morgan fingerprint density at radius 1 is 0.721 bits per heavy atom. The van der Waals surface area contributed by atoms with Gasteiger partial charge in [-0.2, -0.15) is 9.97 Å². The smallest absolute Gasteiger partial charge is 0.326 e. The summed E-state index contributed by atoms with van der Waals surface area (Å²) in [5.41, 5.74) is 20.1. The molecule has 2 aromatic heterocycles. The van der Waals surface area contributed by atoms with Crippen molar-refractivity contribution < 1.29 is 43.8 Å². The van der Waals surface area contributed by atoms with Gasteiger partial charge in [0.2, 0.25) is 29.6 Å². The number of carboxylic acid groups (broad SMARTS) is 2. The largest absolute Gasteiger partial charge is 0.480 e. The zero-order chi connectivity index (χ0) is 49.8. The number of anilines is 3. The van der Waals surface area contributed by atoms with Crippen LogP contribution in [0.4, 0.5) is 17.5 Å². The van der Waals surface area contributed by atoms with E-state index in [1.807, 2.05) is 11.0 Å². The SMILES string of the molecule is CNC(C)C(=O)NC(Cc1ccccc1)C(=O)NC(CCCCN)C(=O)NC(CCCCNC(=O)CCC(NC(=O)c1ccc(N(C)Cc2cnc3nc(N)nc(N)c3n2)cc1)C(=O)O)C(=O)O. The van der Waals surface area contributed by atoms with Gasteiger partial charge in [0.25, 0.3) is 5.91 Å². The van der Waals surface area contributed by atoms with Gasteiger partial charge in [-0.25, -0.2) is 19.6 Å². The molecule has 5 atom stereocenters. The van der Waals surface area contributed by atoms with Crippen LogP contribution in [0.2, 0.25) is 0 Å². The second-order valence-electron chi connectivity index (χ2n) is 16.2. The van der Waals surface area contributed by atoms with Crippen LogP contribution < -0.4 is 54.0 Å². The zero-order valence-electron chi connectivity index (χ0n) is 38.4. The average Bonchev–Trinajstić information content (AvgIpc) is 3.31. The van der Waals surface area contributed by atoms with Crippen molar-refractivity contribution in [2.24, 2.45) is 5.73 Å². The third kappa shape index (κ3) is 16.7. The van der Waals surface area contributed by atoms with E-state index in [4.69, 9.17) is 17.2 Å². The molecule has 0 radical (unpaired) electrons. The van der Waals surface area contributed by atoms with Gasteiger partial charge >= 0.3 is 11.9 Å². The second kappa shape index (κ2) is 26.6. The first-order valence-corrected chi connectivity index (χ1v) is 22.2. The van der Waals surface area contributed by atoms with Crippen molar-refractivity contribution in [1.29, 1.82) is 0 Å². The second-order valence-corrected chi connectivity index (χ2v) is 16.2. The Kier molecular flexibility index (Phi) is 20.7. The van der Waals surface area contributed by atoms with Gasteiger partial charge in [0, 0.05) is 37.7 Å². The number of rotatable bonds is 28. The summed E-state index contributed by atoms with van der Waals surface area (Å²) < 4.78 is 0. The molecule has 23 heteroatoms. The minimum absolute atomic E-state index is 0.000179.